The smallest absolute Gasteiger partial charge is 0.267 e. The Bertz CT molecular complexity index is 905. The Labute approximate surface area is 156 Å². The first-order valence-corrected chi connectivity index (χ1v) is 9.31. The number of rotatable bonds is 2. The predicted molar refractivity (Wildman–Crippen MR) is 99.4 cm³/mol. The molecule has 1 aromatic heterocycles. The number of fused-ring (bicyclic) bond motifs is 2. The van der Waals surface area contributed by atoms with Crippen LogP contribution in [0.15, 0.2) is 18.2 Å². The number of nitrogens with zero attached hydrogens (tertiary/aromatic N) is 2. The van der Waals surface area contributed by atoms with Gasteiger partial charge in [0.15, 0.2) is 0 Å². The predicted octanol–water partition coefficient (Wildman–Crippen LogP) is 2.89. The maximum absolute atomic E-state index is 12.9. The molecule has 7 heteroatoms. The third-order valence-corrected chi connectivity index (χ3v) is 5.60. The summed E-state index contributed by atoms with van der Waals surface area (Å²) >= 11 is 6.08. The van der Waals surface area contributed by atoms with Crippen LogP contribution in [-0.4, -0.2) is 21.6 Å². The fourth-order valence-corrected chi connectivity index (χ4v) is 4.21. The van der Waals surface area contributed by atoms with E-state index < -0.39 is 11.9 Å². The summed E-state index contributed by atoms with van der Waals surface area (Å²) in [6.07, 6.45) is 3.82. The summed E-state index contributed by atoms with van der Waals surface area (Å²) in [4.78, 5) is 25.0. The van der Waals surface area contributed by atoms with Crippen LogP contribution < -0.4 is 11.1 Å². The number of nitrogens with one attached hydrogen (secondary N) is 1. The maximum Gasteiger partial charge on any atom is 0.267 e. The molecular formula is C19H21ClN4O2. The lowest BCUT2D eigenvalue weighted by atomic mass is 9.87. The van der Waals surface area contributed by atoms with Crippen LogP contribution in [0.3, 0.4) is 0 Å². The Kier molecular flexibility index (Phi) is 4.23. The molecule has 2 heterocycles. The Morgan fingerprint density at radius 1 is 1.35 bits per heavy atom. The van der Waals surface area contributed by atoms with E-state index in [0.29, 0.717) is 29.5 Å². The van der Waals surface area contributed by atoms with Crippen LogP contribution in [0, 0.1) is 5.92 Å². The first-order valence-electron chi connectivity index (χ1n) is 8.93. The van der Waals surface area contributed by atoms with Crippen LogP contribution in [0.2, 0.25) is 5.02 Å². The molecule has 1 aromatic carbocycles. The minimum atomic E-state index is -0.565. The second-order valence-electron chi connectivity index (χ2n) is 7.28. The number of hydrogen-bond donors (Lipinski definition) is 2. The van der Waals surface area contributed by atoms with Crippen LogP contribution >= 0.6 is 11.6 Å². The van der Waals surface area contributed by atoms with Gasteiger partial charge in [-0.3, -0.25) is 9.59 Å². The zero-order valence-electron chi connectivity index (χ0n) is 14.6. The number of carbonyl (C=O) groups excluding carboxylic acids is 2. The average Bonchev–Trinajstić information content (AvgIpc) is 2.87. The number of anilines is 1. The monoisotopic (exact) mass is 372 g/mol. The standard InChI is InChI=1S/C19H21ClN4O2/c1-10-2-5-15-13(8-10)17(18(21)25)24(23-15)16-7-3-11-9-12(20)4-6-14(11)22-19(16)26/h4,6,9-10,16H,2-3,5,7-8H2,1H3,(H2,21,25)(H,22,26)/t10?,16-/m0/s1. The van der Waals surface area contributed by atoms with Crippen molar-refractivity contribution in [3.63, 3.8) is 0 Å². The molecule has 3 N–H and O–H groups in total. The summed E-state index contributed by atoms with van der Waals surface area (Å²) in [6, 6.07) is 4.86. The zero-order chi connectivity index (χ0) is 18.4. The molecule has 4 rings (SSSR count). The number of amides is 2. The van der Waals surface area contributed by atoms with E-state index in [4.69, 9.17) is 17.3 Å². The van der Waals surface area contributed by atoms with E-state index in [1.54, 1.807) is 10.7 Å². The van der Waals surface area contributed by atoms with Gasteiger partial charge in [0.1, 0.15) is 11.7 Å². The summed E-state index contributed by atoms with van der Waals surface area (Å²) in [6.45, 7) is 2.16. The van der Waals surface area contributed by atoms with E-state index >= 15 is 0 Å². The third-order valence-electron chi connectivity index (χ3n) is 5.36. The maximum atomic E-state index is 12.9. The molecule has 0 fully saturated rings. The van der Waals surface area contributed by atoms with Gasteiger partial charge in [0.05, 0.1) is 5.69 Å². The van der Waals surface area contributed by atoms with Crippen molar-refractivity contribution in [3.05, 3.63) is 45.7 Å². The number of aromatic nitrogens is 2. The highest BCUT2D eigenvalue weighted by Gasteiger charge is 2.33. The number of primary amides is 1. The zero-order valence-corrected chi connectivity index (χ0v) is 15.3. The normalized spacial score (nSPS) is 22.2. The number of aryl methyl sites for hydroxylation is 2. The van der Waals surface area contributed by atoms with Crippen LogP contribution in [-0.2, 0) is 24.1 Å². The summed E-state index contributed by atoms with van der Waals surface area (Å²) in [5.74, 6) is -0.223. The topological polar surface area (TPSA) is 90.0 Å². The number of nitrogens with two attached hydrogens (primary N) is 1. The molecule has 0 spiro atoms. The van der Waals surface area contributed by atoms with Gasteiger partial charge in [-0.2, -0.15) is 5.10 Å². The molecule has 2 atom stereocenters. The first-order chi connectivity index (χ1) is 12.4. The van der Waals surface area contributed by atoms with Crippen molar-refractivity contribution in [2.24, 2.45) is 11.7 Å². The summed E-state index contributed by atoms with van der Waals surface area (Å²) in [5, 5.41) is 8.21. The molecule has 0 saturated carbocycles. The Morgan fingerprint density at radius 2 is 2.15 bits per heavy atom. The molecule has 0 radical (unpaired) electrons. The minimum Gasteiger partial charge on any atom is -0.364 e. The Balaban J connectivity index is 1.74. The largest absolute Gasteiger partial charge is 0.364 e. The van der Waals surface area contributed by atoms with Crippen molar-refractivity contribution < 1.29 is 9.59 Å². The van der Waals surface area contributed by atoms with E-state index in [0.717, 1.165) is 41.8 Å². The van der Waals surface area contributed by atoms with Gasteiger partial charge in [-0.25, -0.2) is 4.68 Å². The van der Waals surface area contributed by atoms with Crippen LogP contribution in [0.4, 0.5) is 5.69 Å². The van der Waals surface area contributed by atoms with E-state index in [2.05, 4.69) is 17.3 Å². The van der Waals surface area contributed by atoms with E-state index in [1.165, 1.54) is 0 Å². The van der Waals surface area contributed by atoms with Gasteiger partial charge in [0.2, 0.25) is 5.91 Å². The Morgan fingerprint density at radius 3 is 2.92 bits per heavy atom. The number of hydrogen-bond acceptors (Lipinski definition) is 3. The highest BCUT2D eigenvalue weighted by Crippen LogP contribution is 2.33. The molecule has 26 heavy (non-hydrogen) atoms. The molecule has 0 saturated heterocycles. The summed E-state index contributed by atoms with van der Waals surface area (Å²) < 4.78 is 1.56. The van der Waals surface area contributed by atoms with Crippen molar-refractivity contribution in [1.82, 2.24) is 9.78 Å². The fourth-order valence-electron chi connectivity index (χ4n) is 4.02. The fraction of sp³-hybridized carbons (Fsp3) is 0.421. The second-order valence-corrected chi connectivity index (χ2v) is 7.71. The first kappa shape index (κ1) is 17.1. The quantitative estimate of drug-likeness (QED) is 0.849. The number of carbonyl (C=O) groups is 2. The molecule has 1 aliphatic heterocycles. The second kappa shape index (κ2) is 6.43. The SMILES string of the molecule is CC1CCc2nn([C@H]3CCc4cc(Cl)ccc4NC3=O)c(C(N)=O)c2C1. The van der Waals surface area contributed by atoms with Crippen molar-refractivity contribution in [1.29, 1.82) is 0 Å². The van der Waals surface area contributed by atoms with Crippen LogP contribution in [0.25, 0.3) is 0 Å². The molecule has 136 valence electrons. The lowest BCUT2D eigenvalue weighted by Crippen LogP contribution is -2.30. The van der Waals surface area contributed by atoms with Gasteiger partial charge < -0.3 is 11.1 Å². The number of halogens is 1. The van der Waals surface area contributed by atoms with Gasteiger partial charge >= 0.3 is 0 Å². The molecule has 6 nitrogen and oxygen atoms in total. The Hall–Kier alpha value is -2.34. The van der Waals surface area contributed by atoms with Crippen molar-refractivity contribution in [2.75, 3.05) is 5.32 Å². The molecular weight excluding hydrogens is 352 g/mol. The van der Waals surface area contributed by atoms with E-state index in [9.17, 15) is 9.59 Å². The number of benzene rings is 1. The van der Waals surface area contributed by atoms with Gasteiger partial charge in [0.25, 0.3) is 5.91 Å². The van der Waals surface area contributed by atoms with Gasteiger partial charge in [-0.15, -0.1) is 0 Å². The molecule has 2 aliphatic rings. The molecule has 2 amide bonds. The van der Waals surface area contributed by atoms with E-state index in [-0.39, 0.29) is 5.91 Å². The highest BCUT2D eigenvalue weighted by molar-refractivity contribution is 6.30. The molecule has 2 aromatic rings. The van der Waals surface area contributed by atoms with Crippen molar-refractivity contribution in [3.8, 4) is 0 Å². The molecule has 1 aliphatic carbocycles. The third kappa shape index (κ3) is 2.88. The lowest BCUT2D eigenvalue weighted by Gasteiger charge is -2.18. The average molecular weight is 373 g/mol. The van der Waals surface area contributed by atoms with Gasteiger partial charge in [-0.05, 0) is 61.8 Å². The lowest BCUT2D eigenvalue weighted by molar-refractivity contribution is -0.119. The minimum absolute atomic E-state index is 0.179. The molecule has 0 bridgehead atoms. The van der Waals surface area contributed by atoms with Gasteiger partial charge in [-0.1, -0.05) is 18.5 Å². The van der Waals surface area contributed by atoms with Gasteiger partial charge in [0, 0.05) is 16.3 Å². The summed E-state index contributed by atoms with van der Waals surface area (Å²) in [7, 11) is 0. The highest BCUT2D eigenvalue weighted by atomic mass is 35.5. The van der Waals surface area contributed by atoms with Crippen molar-refractivity contribution >= 4 is 29.1 Å². The van der Waals surface area contributed by atoms with E-state index in [1.807, 2.05) is 12.1 Å². The van der Waals surface area contributed by atoms with Crippen LogP contribution in [0.1, 0.15) is 53.1 Å². The molecule has 1 unspecified atom stereocenters. The van der Waals surface area contributed by atoms with Crippen molar-refractivity contribution in [2.45, 2.75) is 45.1 Å². The summed E-state index contributed by atoms with van der Waals surface area (Å²) in [5.41, 5.74) is 9.61. The van der Waals surface area contributed by atoms with Crippen LogP contribution in [0.5, 0.6) is 0 Å².